The van der Waals surface area contributed by atoms with Gasteiger partial charge in [-0.1, -0.05) is 23.7 Å². The lowest BCUT2D eigenvalue weighted by atomic mass is 9.91. The quantitative estimate of drug-likeness (QED) is 0.443. The fourth-order valence-corrected chi connectivity index (χ4v) is 4.38. The fraction of sp³-hybridized carbons (Fsp3) is 0.143. The lowest BCUT2D eigenvalue weighted by molar-refractivity contribution is -0.142. The smallest absolute Gasteiger partial charge is 0.289 e. The van der Waals surface area contributed by atoms with Crippen LogP contribution in [0.5, 0.6) is 5.75 Å². The average molecular weight is 410 g/mol. The number of hydrogen-bond donors (Lipinski definition) is 3. The fourth-order valence-electron chi connectivity index (χ4n) is 4.21. The number of likely N-dealkylation sites (N-methyl/N-ethyl adjacent to an activating group) is 1. The average Bonchev–Trinajstić information content (AvgIpc) is 3.26. The molecule has 1 aliphatic rings. The van der Waals surface area contributed by atoms with Crippen LogP contribution in [0.1, 0.15) is 10.4 Å². The van der Waals surface area contributed by atoms with Crippen LogP contribution in [0.15, 0.2) is 42.5 Å². The third-order valence-corrected chi connectivity index (χ3v) is 5.68. The first kappa shape index (κ1) is 17.8. The third kappa shape index (κ3) is 2.06. The molecule has 2 aromatic carbocycles. The Morgan fingerprint density at radius 2 is 2.00 bits per heavy atom. The van der Waals surface area contributed by atoms with Gasteiger partial charge in [0.2, 0.25) is 5.78 Å². The van der Waals surface area contributed by atoms with Crippen molar-refractivity contribution in [3.8, 4) is 17.1 Å². The van der Waals surface area contributed by atoms with E-state index in [1.807, 2.05) is 12.1 Å². The van der Waals surface area contributed by atoms with E-state index in [4.69, 9.17) is 16.3 Å². The van der Waals surface area contributed by atoms with Crippen LogP contribution in [0, 0.1) is 0 Å². The Bertz CT molecular complexity index is 1350. The molecular weight excluding hydrogens is 394 g/mol. The molecule has 0 aliphatic carbocycles. The molecule has 0 fully saturated rings. The number of fused-ring (bicyclic) bond motifs is 7. The van der Waals surface area contributed by atoms with Crippen molar-refractivity contribution in [1.82, 2.24) is 14.9 Å². The maximum absolute atomic E-state index is 13.6. The summed E-state index contributed by atoms with van der Waals surface area (Å²) in [4.78, 5) is 29.7. The van der Waals surface area contributed by atoms with E-state index in [1.165, 1.54) is 18.7 Å². The highest BCUT2D eigenvalue weighted by molar-refractivity contribution is 6.32. The molecule has 0 radical (unpaired) electrons. The van der Waals surface area contributed by atoms with Crippen LogP contribution in [0.4, 0.5) is 0 Å². The Morgan fingerprint density at radius 3 is 2.72 bits per heavy atom. The summed E-state index contributed by atoms with van der Waals surface area (Å²) in [7, 11) is 2.88. The summed E-state index contributed by atoms with van der Waals surface area (Å²) in [5.74, 6) is -1.13. The summed E-state index contributed by atoms with van der Waals surface area (Å²) in [6, 6.07) is 12.2. The molecule has 1 atom stereocenters. The number of halogens is 1. The molecule has 0 bridgehead atoms. The Hall–Kier alpha value is -3.29. The van der Waals surface area contributed by atoms with E-state index in [2.05, 4.69) is 10.3 Å². The molecule has 5 rings (SSSR count). The van der Waals surface area contributed by atoms with Crippen molar-refractivity contribution in [3.63, 3.8) is 0 Å². The van der Waals surface area contributed by atoms with Crippen LogP contribution in [-0.2, 0) is 10.5 Å². The zero-order chi connectivity index (χ0) is 20.5. The number of rotatable bonds is 2. The van der Waals surface area contributed by atoms with E-state index in [0.717, 1.165) is 0 Å². The highest BCUT2D eigenvalue weighted by atomic mass is 35.5. The third-order valence-electron chi connectivity index (χ3n) is 5.44. The highest BCUT2D eigenvalue weighted by Crippen LogP contribution is 2.49. The van der Waals surface area contributed by atoms with Gasteiger partial charge in [-0.25, -0.2) is 0 Å². The first-order valence-corrected chi connectivity index (χ1v) is 9.30. The minimum atomic E-state index is -2.48. The topological polar surface area (TPSA) is 96.3 Å². The van der Waals surface area contributed by atoms with Gasteiger partial charge in [0.25, 0.3) is 11.6 Å². The van der Waals surface area contributed by atoms with Crippen LogP contribution in [0.3, 0.4) is 0 Å². The Morgan fingerprint density at radius 1 is 1.24 bits per heavy atom. The van der Waals surface area contributed by atoms with E-state index in [-0.39, 0.29) is 5.56 Å². The van der Waals surface area contributed by atoms with Crippen molar-refractivity contribution in [2.45, 2.75) is 5.72 Å². The molecule has 4 aromatic rings. The van der Waals surface area contributed by atoms with Gasteiger partial charge in [0, 0.05) is 28.4 Å². The zero-order valence-corrected chi connectivity index (χ0v) is 16.3. The number of aromatic nitrogens is 2. The molecule has 1 amide bonds. The molecule has 1 aliphatic heterocycles. The normalized spacial score (nSPS) is 18.0. The van der Waals surface area contributed by atoms with Gasteiger partial charge in [-0.2, -0.15) is 0 Å². The van der Waals surface area contributed by atoms with E-state index < -0.39 is 17.4 Å². The first-order chi connectivity index (χ1) is 13.9. The summed E-state index contributed by atoms with van der Waals surface area (Å²) in [6.07, 6.45) is 0. The van der Waals surface area contributed by atoms with E-state index in [9.17, 15) is 14.7 Å². The number of benzene rings is 2. The minimum Gasteiger partial charge on any atom is -0.494 e. The lowest BCUT2D eigenvalue weighted by Gasteiger charge is -2.32. The van der Waals surface area contributed by atoms with Crippen molar-refractivity contribution < 1.29 is 19.4 Å². The largest absolute Gasteiger partial charge is 0.494 e. The van der Waals surface area contributed by atoms with Crippen LogP contribution in [0.25, 0.3) is 33.2 Å². The van der Waals surface area contributed by atoms with Gasteiger partial charge in [-0.05, 0) is 30.3 Å². The van der Waals surface area contributed by atoms with Crippen molar-refractivity contribution in [2.24, 2.45) is 0 Å². The lowest BCUT2D eigenvalue weighted by Crippen LogP contribution is -2.55. The molecule has 29 heavy (non-hydrogen) atoms. The Labute approximate surface area is 169 Å². The molecule has 2 aromatic heterocycles. The Kier molecular flexibility index (Phi) is 3.59. The molecule has 0 unspecified atom stereocenters. The number of hydrogen-bond acceptors (Lipinski definition) is 4. The summed E-state index contributed by atoms with van der Waals surface area (Å²) < 4.78 is 7.00. The Balaban J connectivity index is 2.04. The number of Topliss-reactive ketones (excluding diaryl/α,β-unsaturated/α-hetero) is 1. The monoisotopic (exact) mass is 409 g/mol. The maximum Gasteiger partial charge on any atom is 0.289 e. The molecular formula is C21H16ClN3O4. The first-order valence-electron chi connectivity index (χ1n) is 8.92. The molecule has 146 valence electrons. The zero-order valence-electron chi connectivity index (χ0n) is 15.5. The number of para-hydroxylation sites is 1. The second kappa shape index (κ2) is 5.85. The van der Waals surface area contributed by atoms with E-state index >= 15 is 0 Å². The van der Waals surface area contributed by atoms with Crippen molar-refractivity contribution in [2.75, 3.05) is 14.2 Å². The second-order valence-corrected chi connectivity index (χ2v) is 7.32. The molecule has 0 spiro atoms. The maximum atomic E-state index is 13.6. The standard InChI is InChI=1S/C21H16ClN3O4/c1-23-20(27)21(28)19(26)15-12-9-10(22)7-8-13(12)24-16(15)17-18(29-2)11-5-3-4-6-14(11)25(17)21/h3-9,24,28H,1-2H3,(H,23,27)/t21-/m1/s1. The number of ketones is 1. The number of aromatic amines is 1. The number of carbonyl (C=O) groups excluding carboxylic acids is 2. The van der Waals surface area contributed by atoms with Gasteiger partial charge >= 0.3 is 0 Å². The summed E-state index contributed by atoms with van der Waals surface area (Å²) >= 11 is 6.15. The molecule has 8 heteroatoms. The second-order valence-electron chi connectivity index (χ2n) is 6.88. The number of ether oxygens (including phenoxy) is 1. The van der Waals surface area contributed by atoms with Gasteiger partial charge in [0.05, 0.1) is 23.9 Å². The number of nitrogens with one attached hydrogen (secondary N) is 2. The van der Waals surface area contributed by atoms with Gasteiger partial charge in [-0.3, -0.25) is 14.2 Å². The van der Waals surface area contributed by atoms with E-state index in [0.29, 0.717) is 44.0 Å². The number of H-pyrrole nitrogens is 1. The summed E-state index contributed by atoms with van der Waals surface area (Å²) in [5, 5.41) is 15.6. The molecule has 7 nitrogen and oxygen atoms in total. The predicted molar refractivity (Wildman–Crippen MR) is 109 cm³/mol. The predicted octanol–water partition coefficient (Wildman–Crippen LogP) is 3.04. The molecule has 3 heterocycles. The van der Waals surface area contributed by atoms with Gasteiger partial charge < -0.3 is 20.1 Å². The number of carbonyl (C=O) groups is 2. The van der Waals surface area contributed by atoms with Gasteiger partial charge in [-0.15, -0.1) is 0 Å². The van der Waals surface area contributed by atoms with Crippen LogP contribution < -0.4 is 10.1 Å². The molecule has 0 saturated heterocycles. The van der Waals surface area contributed by atoms with Crippen molar-refractivity contribution in [1.29, 1.82) is 0 Å². The van der Waals surface area contributed by atoms with Crippen molar-refractivity contribution in [3.05, 3.63) is 53.1 Å². The summed E-state index contributed by atoms with van der Waals surface area (Å²) in [5.41, 5.74) is -0.239. The van der Waals surface area contributed by atoms with Crippen LogP contribution in [-0.4, -0.2) is 40.5 Å². The van der Waals surface area contributed by atoms with Crippen LogP contribution >= 0.6 is 11.6 Å². The number of aliphatic hydroxyl groups is 1. The van der Waals surface area contributed by atoms with E-state index in [1.54, 1.807) is 30.3 Å². The molecule has 3 N–H and O–H groups in total. The summed E-state index contributed by atoms with van der Waals surface area (Å²) in [6.45, 7) is 0. The SMILES string of the molecule is CNC(=O)[C@]1(O)C(=O)c2c([nH]c3ccc(Cl)cc23)-c2c(OC)c3ccccc3n21. The number of amides is 1. The minimum absolute atomic E-state index is 0.196. The van der Waals surface area contributed by atoms with Crippen molar-refractivity contribution >= 4 is 45.1 Å². The van der Waals surface area contributed by atoms with Crippen LogP contribution in [0.2, 0.25) is 5.02 Å². The number of methoxy groups -OCH3 is 1. The molecule has 0 saturated carbocycles. The van der Waals surface area contributed by atoms with Gasteiger partial charge in [0.1, 0.15) is 5.69 Å². The highest BCUT2D eigenvalue weighted by Gasteiger charge is 2.54. The number of nitrogens with zero attached hydrogens (tertiary/aromatic N) is 1. The van der Waals surface area contributed by atoms with Gasteiger partial charge in [0.15, 0.2) is 5.75 Å².